The molecule has 0 bridgehead atoms. The molecule has 0 saturated carbocycles. The Labute approximate surface area is 97.8 Å². The Morgan fingerprint density at radius 2 is 2.12 bits per heavy atom. The standard InChI is InChI=1S/C11H14F2N2O2/c1-15-8(6-10(14)16)7-4-2-3-5-9(7)17-11(12)13/h2-5,8,11,15H,6H2,1H3,(H2,14,16). The van der Waals surface area contributed by atoms with Gasteiger partial charge in [0.25, 0.3) is 0 Å². The molecule has 0 aliphatic carbocycles. The van der Waals surface area contributed by atoms with E-state index in [4.69, 9.17) is 5.73 Å². The molecule has 0 heterocycles. The summed E-state index contributed by atoms with van der Waals surface area (Å²) in [5.41, 5.74) is 5.57. The average Bonchev–Trinajstić information content (AvgIpc) is 2.26. The molecule has 0 spiro atoms. The van der Waals surface area contributed by atoms with Crippen LogP contribution in [0, 0.1) is 0 Å². The highest BCUT2D eigenvalue weighted by Crippen LogP contribution is 2.27. The van der Waals surface area contributed by atoms with Crippen molar-refractivity contribution in [1.29, 1.82) is 0 Å². The highest BCUT2D eigenvalue weighted by Gasteiger charge is 2.18. The molecule has 4 nitrogen and oxygen atoms in total. The summed E-state index contributed by atoms with van der Waals surface area (Å²) < 4.78 is 28.8. The summed E-state index contributed by atoms with van der Waals surface area (Å²) >= 11 is 0. The number of hydrogen-bond acceptors (Lipinski definition) is 3. The van der Waals surface area contributed by atoms with Gasteiger partial charge in [-0.3, -0.25) is 4.79 Å². The van der Waals surface area contributed by atoms with E-state index in [9.17, 15) is 13.6 Å². The molecule has 1 aromatic carbocycles. The third-order valence-electron chi connectivity index (χ3n) is 2.26. The number of carbonyl (C=O) groups is 1. The van der Waals surface area contributed by atoms with E-state index in [1.54, 1.807) is 25.2 Å². The van der Waals surface area contributed by atoms with Crippen molar-refractivity contribution >= 4 is 5.91 Å². The van der Waals surface area contributed by atoms with E-state index in [1.807, 2.05) is 0 Å². The predicted octanol–water partition coefficient (Wildman–Crippen LogP) is 1.42. The lowest BCUT2D eigenvalue weighted by atomic mass is 10.0. The van der Waals surface area contributed by atoms with E-state index in [0.717, 1.165) is 0 Å². The lowest BCUT2D eigenvalue weighted by molar-refractivity contribution is -0.118. The van der Waals surface area contributed by atoms with E-state index in [0.29, 0.717) is 5.56 Å². The van der Waals surface area contributed by atoms with Crippen LogP contribution in [0.15, 0.2) is 24.3 Å². The fourth-order valence-corrected chi connectivity index (χ4v) is 1.54. The van der Waals surface area contributed by atoms with Crippen LogP contribution in [0.3, 0.4) is 0 Å². The molecule has 0 aliphatic rings. The monoisotopic (exact) mass is 244 g/mol. The first-order valence-corrected chi connectivity index (χ1v) is 5.04. The molecule has 1 aromatic rings. The maximum Gasteiger partial charge on any atom is 0.387 e. The van der Waals surface area contributed by atoms with Gasteiger partial charge in [0, 0.05) is 18.0 Å². The van der Waals surface area contributed by atoms with Crippen LogP contribution >= 0.6 is 0 Å². The molecular weight excluding hydrogens is 230 g/mol. The Morgan fingerprint density at radius 1 is 1.47 bits per heavy atom. The summed E-state index contributed by atoms with van der Waals surface area (Å²) in [5, 5.41) is 2.84. The number of ether oxygens (including phenoxy) is 1. The van der Waals surface area contributed by atoms with Crippen LogP contribution in [-0.2, 0) is 4.79 Å². The van der Waals surface area contributed by atoms with Crippen LogP contribution in [-0.4, -0.2) is 19.6 Å². The van der Waals surface area contributed by atoms with Crippen LogP contribution < -0.4 is 15.8 Å². The zero-order chi connectivity index (χ0) is 12.8. The minimum absolute atomic E-state index is 0.0140. The van der Waals surface area contributed by atoms with Gasteiger partial charge in [0.15, 0.2) is 0 Å². The maximum atomic E-state index is 12.2. The van der Waals surface area contributed by atoms with Crippen molar-refractivity contribution in [1.82, 2.24) is 5.32 Å². The zero-order valence-electron chi connectivity index (χ0n) is 9.32. The SMILES string of the molecule is CNC(CC(N)=O)c1ccccc1OC(F)F. The maximum absolute atomic E-state index is 12.2. The van der Waals surface area contributed by atoms with Crippen molar-refractivity contribution in [2.75, 3.05) is 7.05 Å². The van der Waals surface area contributed by atoms with Crippen LogP contribution in [0.1, 0.15) is 18.0 Å². The highest BCUT2D eigenvalue weighted by atomic mass is 19.3. The first-order valence-electron chi connectivity index (χ1n) is 5.04. The molecule has 0 aromatic heterocycles. The molecule has 0 saturated heterocycles. The van der Waals surface area contributed by atoms with Crippen LogP contribution in [0.25, 0.3) is 0 Å². The van der Waals surface area contributed by atoms with Gasteiger partial charge in [0.05, 0.1) is 0 Å². The second kappa shape index (κ2) is 6.15. The largest absolute Gasteiger partial charge is 0.434 e. The van der Waals surface area contributed by atoms with Crippen LogP contribution in [0.2, 0.25) is 0 Å². The second-order valence-corrected chi connectivity index (χ2v) is 3.43. The number of halogens is 2. The van der Waals surface area contributed by atoms with E-state index in [2.05, 4.69) is 10.1 Å². The molecule has 0 radical (unpaired) electrons. The third kappa shape index (κ3) is 3.99. The molecule has 3 N–H and O–H groups in total. The Balaban J connectivity index is 2.96. The Bertz CT molecular complexity index is 385. The van der Waals surface area contributed by atoms with E-state index in [1.165, 1.54) is 6.07 Å². The number of para-hydroxylation sites is 1. The van der Waals surface area contributed by atoms with Gasteiger partial charge in [-0.1, -0.05) is 18.2 Å². The first-order chi connectivity index (χ1) is 8.04. The Kier molecular flexibility index (Phi) is 4.84. The summed E-state index contributed by atoms with van der Waals surface area (Å²) in [5.74, 6) is -0.473. The molecule has 1 amide bonds. The summed E-state index contributed by atoms with van der Waals surface area (Å²) in [4.78, 5) is 10.9. The molecule has 6 heteroatoms. The second-order valence-electron chi connectivity index (χ2n) is 3.43. The van der Waals surface area contributed by atoms with Crippen molar-refractivity contribution in [3.8, 4) is 5.75 Å². The lowest BCUT2D eigenvalue weighted by Gasteiger charge is -2.18. The van der Waals surface area contributed by atoms with E-state index >= 15 is 0 Å². The number of hydrogen-bond donors (Lipinski definition) is 2. The minimum atomic E-state index is -2.90. The molecule has 0 fully saturated rings. The quantitative estimate of drug-likeness (QED) is 0.795. The number of rotatable bonds is 6. The van der Waals surface area contributed by atoms with Gasteiger partial charge < -0.3 is 15.8 Å². The van der Waals surface area contributed by atoms with Gasteiger partial charge in [-0.25, -0.2) is 0 Å². The fourth-order valence-electron chi connectivity index (χ4n) is 1.54. The number of benzene rings is 1. The molecule has 1 unspecified atom stereocenters. The highest BCUT2D eigenvalue weighted by molar-refractivity contribution is 5.74. The summed E-state index contributed by atoms with van der Waals surface area (Å²) in [6, 6.07) is 5.86. The number of nitrogens with one attached hydrogen (secondary N) is 1. The van der Waals surface area contributed by atoms with Crippen LogP contribution in [0.4, 0.5) is 8.78 Å². The van der Waals surface area contributed by atoms with Crippen molar-refractivity contribution in [3.05, 3.63) is 29.8 Å². The third-order valence-corrected chi connectivity index (χ3v) is 2.26. The number of primary amides is 1. The van der Waals surface area contributed by atoms with Gasteiger partial charge in [-0.2, -0.15) is 8.78 Å². The Morgan fingerprint density at radius 3 is 2.65 bits per heavy atom. The van der Waals surface area contributed by atoms with E-state index < -0.39 is 18.6 Å². The Hall–Kier alpha value is -1.69. The molecule has 1 rings (SSSR count). The van der Waals surface area contributed by atoms with Gasteiger partial charge in [0.1, 0.15) is 5.75 Å². The van der Waals surface area contributed by atoms with Gasteiger partial charge in [-0.05, 0) is 13.1 Å². The smallest absolute Gasteiger partial charge is 0.387 e. The zero-order valence-corrected chi connectivity index (χ0v) is 9.32. The number of carbonyl (C=O) groups excluding carboxylic acids is 1. The first kappa shape index (κ1) is 13.4. The number of amides is 1. The average molecular weight is 244 g/mol. The predicted molar refractivity (Wildman–Crippen MR) is 58.7 cm³/mol. The van der Waals surface area contributed by atoms with Crippen molar-refractivity contribution < 1.29 is 18.3 Å². The van der Waals surface area contributed by atoms with Crippen molar-refractivity contribution in [2.45, 2.75) is 19.1 Å². The topological polar surface area (TPSA) is 64.3 Å². The summed E-state index contributed by atoms with van der Waals surface area (Å²) in [6.07, 6.45) is 0.0140. The van der Waals surface area contributed by atoms with Gasteiger partial charge >= 0.3 is 6.61 Å². The molecule has 94 valence electrons. The lowest BCUT2D eigenvalue weighted by Crippen LogP contribution is -2.24. The fraction of sp³-hybridized carbons (Fsp3) is 0.364. The summed E-state index contributed by atoms with van der Waals surface area (Å²) in [6.45, 7) is -2.90. The molecule has 0 aliphatic heterocycles. The minimum Gasteiger partial charge on any atom is -0.434 e. The van der Waals surface area contributed by atoms with Gasteiger partial charge in [0.2, 0.25) is 5.91 Å². The van der Waals surface area contributed by atoms with Crippen molar-refractivity contribution in [2.24, 2.45) is 5.73 Å². The summed E-state index contributed by atoms with van der Waals surface area (Å²) in [7, 11) is 1.62. The van der Waals surface area contributed by atoms with Gasteiger partial charge in [-0.15, -0.1) is 0 Å². The van der Waals surface area contributed by atoms with Crippen LogP contribution in [0.5, 0.6) is 5.75 Å². The van der Waals surface area contributed by atoms with E-state index in [-0.39, 0.29) is 12.2 Å². The van der Waals surface area contributed by atoms with Crippen molar-refractivity contribution in [3.63, 3.8) is 0 Å². The molecule has 1 atom stereocenters. The molecule has 17 heavy (non-hydrogen) atoms. The normalized spacial score (nSPS) is 12.5. The number of alkyl halides is 2. The molecular formula is C11H14F2N2O2. The number of nitrogens with two attached hydrogens (primary N) is 1.